The van der Waals surface area contributed by atoms with E-state index in [-0.39, 0.29) is 11.9 Å². The fourth-order valence-corrected chi connectivity index (χ4v) is 0.946. The maximum absolute atomic E-state index is 11.8. The van der Waals surface area contributed by atoms with Crippen LogP contribution in [0.1, 0.15) is 24.4 Å². The maximum atomic E-state index is 11.8. The molecule has 0 radical (unpaired) electrons. The Kier molecular flexibility index (Phi) is 3.36. The Labute approximate surface area is 83.9 Å². The second-order valence-corrected chi connectivity index (χ2v) is 3.54. The van der Waals surface area contributed by atoms with E-state index in [1.54, 1.807) is 6.92 Å². The molecule has 1 aromatic rings. The molecule has 0 bridgehead atoms. The van der Waals surface area contributed by atoms with Crippen LogP contribution in [0.2, 0.25) is 0 Å². The molecule has 0 N–H and O–H groups in total. The average molecular weight is 228 g/mol. The Morgan fingerprint density at radius 2 is 2.21 bits per heavy atom. The van der Waals surface area contributed by atoms with E-state index in [9.17, 15) is 13.2 Å². The van der Waals surface area contributed by atoms with Gasteiger partial charge < -0.3 is 0 Å². The van der Waals surface area contributed by atoms with Crippen LogP contribution in [0.15, 0.2) is 6.20 Å². The lowest BCUT2D eigenvalue weighted by molar-refractivity contribution is -0.137. The van der Waals surface area contributed by atoms with Crippen LogP contribution in [0, 0.1) is 0 Å². The minimum atomic E-state index is -4.17. The van der Waals surface area contributed by atoms with Crippen LogP contribution in [0.4, 0.5) is 13.2 Å². The lowest BCUT2D eigenvalue weighted by atomic mass is 10.3. The molecule has 3 nitrogen and oxygen atoms in total. The zero-order valence-corrected chi connectivity index (χ0v) is 8.18. The van der Waals surface area contributed by atoms with Crippen LogP contribution in [0.25, 0.3) is 0 Å². The van der Waals surface area contributed by atoms with Crippen LogP contribution in [-0.2, 0) is 6.54 Å². The van der Waals surface area contributed by atoms with Crippen LogP contribution in [-0.4, -0.2) is 21.2 Å². The van der Waals surface area contributed by atoms with Crippen molar-refractivity contribution in [3.63, 3.8) is 0 Å². The Bertz CT molecular complexity index is 295. The van der Waals surface area contributed by atoms with Crippen LogP contribution < -0.4 is 0 Å². The summed E-state index contributed by atoms with van der Waals surface area (Å²) in [5.74, 6) is 0. The maximum Gasteiger partial charge on any atom is 0.390 e. The Balaban J connectivity index is 2.52. The fourth-order valence-electron chi connectivity index (χ4n) is 0.846. The van der Waals surface area contributed by atoms with E-state index in [0.29, 0.717) is 5.69 Å². The molecule has 1 rings (SSSR count). The first kappa shape index (κ1) is 11.3. The molecule has 0 saturated carbocycles. The molecule has 1 unspecified atom stereocenters. The Morgan fingerprint density at radius 1 is 1.57 bits per heavy atom. The summed E-state index contributed by atoms with van der Waals surface area (Å²) in [5, 5.41) is 6.81. The number of halogens is 4. The third kappa shape index (κ3) is 3.53. The van der Waals surface area contributed by atoms with Gasteiger partial charge >= 0.3 is 6.18 Å². The van der Waals surface area contributed by atoms with Crippen LogP contribution in [0.5, 0.6) is 0 Å². The van der Waals surface area contributed by atoms with Crippen molar-refractivity contribution in [3.8, 4) is 0 Å². The van der Waals surface area contributed by atoms with Crippen molar-refractivity contribution < 1.29 is 13.2 Å². The lowest BCUT2D eigenvalue weighted by Gasteiger charge is -2.04. The summed E-state index contributed by atoms with van der Waals surface area (Å²) in [6.07, 6.45) is -3.66. The number of nitrogens with zero attached hydrogens (tertiary/aromatic N) is 3. The van der Waals surface area contributed by atoms with Crippen molar-refractivity contribution in [2.24, 2.45) is 0 Å². The van der Waals surface area contributed by atoms with Gasteiger partial charge in [-0.3, -0.25) is 4.68 Å². The molecular formula is C7H9ClF3N3. The van der Waals surface area contributed by atoms with Crippen molar-refractivity contribution >= 4 is 11.6 Å². The Hall–Kier alpha value is -0.780. The highest BCUT2D eigenvalue weighted by atomic mass is 35.5. The van der Waals surface area contributed by atoms with Crippen LogP contribution in [0.3, 0.4) is 0 Å². The monoisotopic (exact) mass is 227 g/mol. The van der Waals surface area contributed by atoms with E-state index in [2.05, 4.69) is 10.3 Å². The highest BCUT2D eigenvalue weighted by Gasteiger charge is 2.26. The molecule has 0 saturated heterocycles. The van der Waals surface area contributed by atoms with Crippen molar-refractivity contribution in [2.45, 2.75) is 31.4 Å². The highest BCUT2D eigenvalue weighted by Crippen LogP contribution is 2.21. The van der Waals surface area contributed by atoms with Gasteiger partial charge in [0, 0.05) is 6.20 Å². The normalized spacial score (nSPS) is 14.4. The SMILES string of the molecule is CC(Cl)c1cn(CCC(F)(F)F)nn1. The van der Waals surface area contributed by atoms with Crippen molar-refractivity contribution in [2.75, 3.05) is 0 Å². The molecule has 0 amide bonds. The van der Waals surface area contributed by atoms with Gasteiger partial charge in [0.15, 0.2) is 0 Å². The lowest BCUT2D eigenvalue weighted by Crippen LogP contribution is -2.12. The molecule has 0 aliphatic heterocycles. The number of hydrogen-bond acceptors (Lipinski definition) is 2. The van der Waals surface area contributed by atoms with Gasteiger partial charge in [0.1, 0.15) is 5.69 Å². The second kappa shape index (κ2) is 4.16. The van der Waals surface area contributed by atoms with Gasteiger partial charge in [-0.25, -0.2) is 0 Å². The van der Waals surface area contributed by atoms with Crippen molar-refractivity contribution in [3.05, 3.63) is 11.9 Å². The van der Waals surface area contributed by atoms with E-state index in [1.165, 1.54) is 6.20 Å². The van der Waals surface area contributed by atoms with Gasteiger partial charge in [-0.15, -0.1) is 16.7 Å². The first-order chi connectivity index (χ1) is 6.38. The van der Waals surface area contributed by atoms with E-state index >= 15 is 0 Å². The van der Waals surface area contributed by atoms with Gasteiger partial charge in [-0.2, -0.15) is 13.2 Å². The molecule has 7 heteroatoms. The number of rotatable bonds is 3. The molecule has 0 aliphatic rings. The van der Waals surface area contributed by atoms with E-state index in [0.717, 1.165) is 4.68 Å². The van der Waals surface area contributed by atoms with Gasteiger partial charge in [-0.05, 0) is 6.92 Å². The largest absolute Gasteiger partial charge is 0.390 e. The topological polar surface area (TPSA) is 30.7 Å². The molecule has 0 aliphatic carbocycles. The molecule has 1 heterocycles. The van der Waals surface area contributed by atoms with Gasteiger partial charge in [0.2, 0.25) is 0 Å². The molecule has 1 aromatic heterocycles. The highest BCUT2D eigenvalue weighted by molar-refractivity contribution is 6.20. The quantitative estimate of drug-likeness (QED) is 0.743. The summed E-state index contributed by atoms with van der Waals surface area (Å²) in [4.78, 5) is 0. The van der Waals surface area contributed by atoms with E-state index in [1.807, 2.05) is 0 Å². The zero-order chi connectivity index (χ0) is 10.8. The summed E-state index contributed by atoms with van der Waals surface area (Å²) < 4.78 is 36.6. The number of hydrogen-bond donors (Lipinski definition) is 0. The molecule has 0 spiro atoms. The fraction of sp³-hybridized carbons (Fsp3) is 0.714. The van der Waals surface area contributed by atoms with Gasteiger partial charge in [0.05, 0.1) is 18.3 Å². The average Bonchev–Trinajstić information content (AvgIpc) is 2.47. The van der Waals surface area contributed by atoms with E-state index in [4.69, 9.17) is 11.6 Å². The molecule has 0 fully saturated rings. The molecule has 80 valence electrons. The number of aromatic nitrogens is 3. The third-order valence-corrected chi connectivity index (χ3v) is 1.81. The summed E-state index contributed by atoms with van der Waals surface area (Å²) >= 11 is 5.67. The zero-order valence-electron chi connectivity index (χ0n) is 7.42. The smallest absolute Gasteiger partial charge is 0.252 e. The summed E-state index contributed by atoms with van der Waals surface area (Å²) in [6, 6.07) is 0. The van der Waals surface area contributed by atoms with Crippen molar-refractivity contribution in [1.29, 1.82) is 0 Å². The minimum Gasteiger partial charge on any atom is -0.252 e. The number of aryl methyl sites for hydroxylation is 1. The summed E-state index contributed by atoms with van der Waals surface area (Å²) in [7, 11) is 0. The predicted octanol–water partition coefficient (Wildman–Crippen LogP) is 2.53. The van der Waals surface area contributed by atoms with Gasteiger partial charge in [-0.1, -0.05) is 5.21 Å². The third-order valence-electron chi connectivity index (χ3n) is 1.59. The number of alkyl halides is 4. The standard InChI is InChI=1S/C7H9ClF3N3/c1-5(8)6-4-14(13-12-6)3-2-7(9,10)11/h4-5H,2-3H2,1H3. The minimum absolute atomic E-state index is 0.222. The summed E-state index contributed by atoms with van der Waals surface area (Å²) in [5.41, 5.74) is 0.480. The molecule has 0 aromatic carbocycles. The molecule has 14 heavy (non-hydrogen) atoms. The molecular weight excluding hydrogens is 219 g/mol. The van der Waals surface area contributed by atoms with Crippen molar-refractivity contribution in [1.82, 2.24) is 15.0 Å². The first-order valence-electron chi connectivity index (χ1n) is 3.99. The second-order valence-electron chi connectivity index (χ2n) is 2.89. The first-order valence-corrected chi connectivity index (χ1v) is 4.43. The summed E-state index contributed by atoms with van der Waals surface area (Å²) in [6.45, 7) is 1.46. The van der Waals surface area contributed by atoms with Gasteiger partial charge in [0.25, 0.3) is 0 Å². The predicted molar refractivity (Wildman–Crippen MR) is 45.0 cm³/mol. The van der Waals surface area contributed by atoms with Crippen LogP contribution >= 0.6 is 11.6 Å². The molecule has 1 atom stereocenters. The Morgan fingerprint density at radius 3 is 2.64 bits per heavy atom. The van der Waals surface area contributed by atoms with E-state index < -0.39 is 12.6 Å².